The molecule has 1 aliphatic heterocycles. The van der Waals surface area contributed by atoms with Crippen LogP contribution in [0.1, 0.15) is 133 Å². The van der Waals surface area contributed by atoms with Crippen LogP contribution in [-0.4, -0.2) is 113 Å². The summed E-state index contributed by atoms with van der Waals surface area (Å²) in [5.74, 6) is -2.60. The Bertz CT molecular complexity index is 2450. The predicted molar refractivity (Wildman–Crippen MR) is 292 cm³/mol. The first-order valence-electron chi connectivity index (χ1n) is 27.8. The number of amides is 2. The zero-order valence-electron chi connectivity index (χ0n) is 45.0. The van der Waals surface area contributed by atoms with Gasteiger partial charge in [-0.25, -0.2) is 9.59 Å². The Morgan fingerprint density at radius 1 is 0.808 bits per heavy atom. The van der Waals surface area contributed by atoms with Crippen molar-refractivity contribution in [3.05, 3.63) is 122 Å². The average Bonchev–Trinajstić information content (AvgIpc) is 3.55. The second-order valence-electron chi connectivity index (χ2n) is 20.1. The Hall–Kier alpha value is -6.45. The van der Waals surface area contributed by atoms with Gasteiger partial charge < -0.3 is 49.2 Å². The van der Waals surface area contributed by atoms with Gasteiger partial charge in [-0.15, -0.1) is 6.58 Å². The van der Waals surface area contributed by atoms with E-state index in [0.29, 0.717) is 73.2 Å². The lowest BCUT2D eigenvalue weighted by atomic mass is 9.55. The molecule has 3 aromatic carbocycles. The smallest absolute Gasteiger partial charge is 0.415 e. The largest absolute Gasteiger partial charge is 0.459 e. The van der Waals surface area contributed by atoms with Gasteiger partial charge in [-0.1, -0.05) is 94.9 Å². The molecule has 6 rings (SSSR count). The molecule has 2 aliphatic carbocycles. The van der Waals surface area contributed by atoms with Crippen LogP contribution >= 0.6 is 0 Å². The summed E-state index contributed by atoms with van der Waals surface area (Å²) in [5, 5.41) is 60.5. The van der Waals surface area contributed by atoms with E-state index >= 15 is 0 Å². The van der Waals surface area contributed by atoms with Crippen molar-refractivity contribution < 1.29 is 63.3 Å². The number of aliphatic hydroxyl groups excluding tert-OH is 3. The number of non-ortho nitro benzene ring substituents is 2. The minimum atomic E-state index is -1.74. The third-order valence-corrected chi connectivity index (χ3v) is 14.8. The fourth-order valence-corrected chi connectivity index (χ4v) is 11.1. The first-order valence-corrected chi connectivity index (χ1v) is 27.8. The van der Waals surface area contributed by atoms with E-state index in [1.165, 1.54) is 86.2 Å². The summed E-state index contributed by atoms with van der Waals surface area (Å²) in [4.78, 5) is 57.9. The van der Waals surface area contributed by atoms with Crippen LogP contribution < -0.4 is 19.5 Å². The number of rotatable bonds is 35. The zero-order valence-corrected chi connectivity index (χ0v) is 45.0. The van der Waals surface area contributed by atoms with Gasteiger partial charge in [0.1, 0.15) is 29.9 Å². The molecule has 4 N–H and O–H groups in total. The van der Waals surface area contributed by atoms with E-state index in [9.17, 15) is 45.1 Å². The van der Waals surface area contributed by atoms with Gasteiger partial charge in [0.2, 0.25) is 5.79 Å². The number of nitrogens with one attached hydrogen (secondary N) is 1. The van der Waals surface area contributed by atoms with Crippen LogP contribution in [0.2, 0.25) is 0 Å². The number of aliphatic hydroxyl groups is 3. The Morgan fingerprint density at radius 3 is 2.09 bits per heavy atom. The lowest BCUT2D eigenvalue weighted by Gasteiger charge is -2.59. The summed E-state index contributed by atoms with van der Waals surface area (Å²) < 4.78 is 32.1. The fourth-order valence-electron chi connectivity index (χ4n) is 11.1. The number of hydrogen-bond donors (Lipinski definition) is 4. The molecule has 6 atom stereocenters. The molecule has 0 radical (unpaired) electrons. The highest BCUT2D eigenvalue weighted by molar-refractivity contribution is 6.03. The first kappa shape index (κ1) is 60.8. The van der Waals surface area contributed by atoms with E-state index in [1.807, 2.05) is 6.07 Å². The van der Waals surface area contributed by atoms with Gasteiger partial charge in [0.25, 0.3) is 11.4 Å². The van der Waals surface area contributed by atoms with Crippen LogP contribution in [0.25, 0.3) is 0 Å². The number of carbonyl (C=O) groups is 2. The van der Waals surface area contributed by atoms with Crippen LogP contribution in [-0.2, 0) is 20.9 Å². The molecule has 1 saturated carbocycles. The summed E-state index contributed by atoms with van der Waals surface area (Å²) in [6, 6.07) is 15.1. The molecule has 78 heavy (non-hydrogen) atoms. The summed E-state index contributed by atoms with van der Waals surface area (Å²) >= 11 is 0. The molecule has 426 valence electrons. The summed E-state index contributed by atoms with van der Waals surface area (Å²) in [5.41, 5.74) is 2.17. The monoisotopic (exact) mass is 1090 g/mol. The summed E-state index contributed by atoms with van der Waals surface area (Å²) in [7, 11) is 0. The molecule has 3 aliphatic rings. The highest BCUT2D eigenvalue weighted by atomic mass is 16.7. The number of oxime groups is 1. The van der Waals surface area contributed by atoms with Crippen LogP contribution in [0.4, 0.5) is 21.0 Å². The molecule has 3 aromatic rings. The fraction of sp³-hybridized carbons (Fsp3) is 0.569. The number of carbonyl (C=O) groups excluding carboxylic acids is 2. The molecule has 20 heteroatoms. The second-order valence-corrected chi connectivity index (χ2v) is 20.1. The zero-order chi connectivity index (χ0) is 55.7. The van der Waals surface area contributed by atoms with E-state index < -0.39 is 45.7 Å². The minimum absolute atomic E-state index is 0.000355. The van der Waals surface area contributed by atoms with Crippen LogP contribution in [0.5, 0.6) is 17.2 Å². The van der Waals surface area contributed by atoms with Gasteiger partial charge in [-0.3, -0.25) is 25.1 Å². The maximum atomic E-state index is 14.9. The first-order chi connectivity index (χ1) is 38.0. The van der Waals surface area contributed by atoms with Gasteiger partial charge in [0.05, 0.1) is 47.9 Å². The summed E-state index contributed by atoms with van der Waals surface area (Å²) in [6.45, 7) is 6.01. The number of benzene rings is 3. The van der Waals surface area contributed by atoms with Crippen LogP contribution in [0.15, 0.2) is 96.2 Å². The molecule has 1 fully saturated rings. The van der Waals surface area contributed by atoms with Crippen molar-refractivity contribution in [1.82, 2.24) is 10.2 Å². The molecule has 0 spiro atoms. The number of unbranched alkanes of at least 4 members (excludes halogenated alkanes) is 11. The van der Waals surface area contributed by atoms with E-state index in [1.54, 1.807) is 30.3 Å². The van der Waals surface area contributed by atoms with E-state index in [0.717, 1.165) is 19.3 Å². The lowest BCUT2D eigenvalue weighted by molar-refractivity contribution is -0.385. The Kier molecular flexibility index (Phi) is 24.8. The second kappa shape index (κ2) is 31.8. The molecule has 20 nitrogen and oxygen atoms in total. The molecule has 0 bridgehead atoms. The van der Waals surface area contributed by atoms with Crippen molar-refractivity contribution in [1.29, 1.82) is 0 Å². The molecule has 0 saturated heterocycles. The van der Waals surface area contributed by atoms with Crippen molar-refractivity contribution in [3.63, 3.8) is 0 Å². The minimum Gasteiger partial charge on any atom is -0.459 e. The highest BCUT2D eigenvalue weighted by Gasteiger charge is 2.66. The van der Waals surface area contributed by atoms with Crippen molar-refractivity contribution in [2.45, 2.75) is 140 Å². The predicted octanol–water partition coefficient (Wildman–Crippen LogP) is 10.9. The maximum Gasteiger partial charge on any atom is 0.415 e. The Balaban J connectivity index is 1.44. The lowest BCUT2D eigenvalue weighted by Crippen LogP contribution is -2.70. The molecule has 1 heterocycles. The van der Waals surface area contributed by atoms with E-state index in [2.05, 4.69) is 24.9 Å². The topological polar surface area (TPSA) is 264 Å². The number of hydrogen-bond acceptors (Lipinski definition) is 16. The number of allylic oxidation sites excluding steroid dienone is 1. The van der Waals surface area contributed by atoms with Crippen LogP contribution in [0.3, 0.4) is 0 Å². The van der Waals surface area contributed by atoms with Gasteiger partial charge >= 0.3 is 12.2 Å². The standard InChI is InChI=1S/C58H79N5O15/c1-3-5-6-7-8-9-10-11-12-15-30-59-56(67)76-47-28-29-52-50(39-47)54-48(19-14-17-33-65)43(18-13-16-32-64)38-49-51(60-75-41-42-20-22-44(23-21-42)62(69)70)40-53(58(78-52,55(49)54)74-35-4-2)61(31-36-73-37-34-66)57(68)77-46-26-24-45(25-27-46)63(71)72/h4,20-29,38-39,43,48,53-55,64-66H,2-3,5-19,30-37,40-41H2,1H3,(H,59,67)/t43-,48+,53-,54+,55+,58+/m0/s1. The van der Waals surface area contributed by atoms with Crippen molar-refractivity contribution in [3.8, 4) is 17.2 Å². The molecule has 2 amide bonds. The third kappa shape index (κ3) is 16.8. The maximum absolute atomic E-state index is 14.9. The molecular formula is C58H79N5O15. The molecule has 0 aromatic heterocycles. The Labute approximate surface area is 457 Å². The molecular weight excluding hydrogens is 1010 g/mol. The van der Waals surface area contributed by atoms with Gasteiger partial charge in [0, 0.05) is 68.5 Å². The number of nitro benzene ring substituents is 2. The quantitative estimate of drug-likeness (QED) is 0.0185. The Morgan fingerprint density at radius 2 is 1.45 bits per heavy atom. The van der Waals surface area contributed by atoms with E-state index in [-0.39, 0.29) is 93.9 Å². The van der Waals surface area contributed by atoms with Gasteiger partial charge in [-0.05, 0) is 97.5 Å². The molecule has 0 unspecified atom stereocenters. The van der Waals surface area contributed by atoms with Gasteiger partial charge in [0.15, 0.2) is 0 Å². The van der Waals surface area contributed by atoms with Crippen LogP contribution in [0, 0.1) is 38.0 Å². The highest BCUT2D eigenvalue weighted by Crippen LogP contribution is 2.62. The number of fused-ring (bicyclic) bond motifs is 2. The number of ether oxygens (including phenoxy) is 5. The van der Waals surface area contributed by atoms with E-state index in [4.69, 9.17) is 33.7 Å². The van der Waals surface area contributed by atoms with Gasteiger partial charge in [-0.2, -0.15) is 0 Å². The van der Waals surface area contributed by atoms with Crippen molar-refractivity contribution >= 4 is 29.3 Å². The average molecular weight is 1090 g/mol. The number of nitrogens with zero attached hydrogens (tertiary/aromatic N) is 4. The van der Waals surface area contributed by atoms with Crippen molar-refractivity contribution in [2.75, 3.05) is 52.7 Å². The number of nitro groups is 2. The normalized spacial score (nSPS) is 20.6. The third-order valence-electron chi connectivity index (χ3n) is 14.8. The van der Waals surface area contributed by atoms with Crippen molar-refractivity contribution in [2.24, 2.45) is 22.9 Å². The SMILES string of the molecule is C=CCO[C@@]12Oc3ccc(OC(=O)NCCCCCCCCCCCC)cc3[C@H]3[C@H](CCCCO)[C@@H](CCCCO)C=C(C(=NOCc4ccc([N+](=O)[O-])cc4)C[C@@H]1N(CCOCCO)C(=O)Oc1ccc([N+](=O)[O-])cc1)[C@H]32. The summed E-state index contributed by atoms with van der Waals surface area (Å²) in [6.07, 6.45) is 17.6.